The maximum atomic E-state index is 14.3. The number of aliphatic hydroxyl groups is 1. The summed E-state index contributed by atoms with van der Waals surface area (Å²) in [5, 5.41) is 13.2. The second kappa shape index (κ2) is 11.0. The molecule has 2 saturated carbocycles. The highest BCUT2D eigenvalue weighted by Crippen LogP contribution is 2.46. The summed E-state index contributed by atoms with van der Waals surface area (Å²) in [6, 6.07) is 2.51. The van der Waals surface area contributed by atoms with E-state index < -0.39 is 11.7 Å². The molecular formula is C25H35FN6O3. The Morgan fingerprint density at radius 2 is 1.86 bits per heavy atom. The first-order valence-corrected chi connectivity index (χ1v) is 12.0. The second-order valence-corrected chi connectivity index (χ2v) is 9.16. The summed E-state index contributed by atoms with van der Waals surface area (Å²) in [4.78, 5) is 36.2. The lowest BCUT2D eigenvalue weighted by Crippen LogP contribution is -2.47. The largest absolute Gasteiger partial charge is 0.393 e. The van der Waals surface area contributed by atoms with Crippen LogP contribution in [0, 0.1) is 24.6 Å². The third-order valence-corrected chi connectivity index (χ3v) is 6.76. The van der Waals surface area contributed by atoms with Gasteiger partial charge in [-0.15, -0.1) is 0 Å². The lowest BCUT2D eigenvalue weighted by atomic mass is 9.81. The van der Waals surface area contributed by atoms with Crippen LogP contribution in [0.3, 0.4) is 0 Å². The van der Waals surface area contributed by atoms with E-state index in [4.69, 9.17) is 5.73 Å². The van der Waals surface area contributed by atoms with Crippen molar-refractivity contribution in [1.29, 1.82) is 0 Å². The average molecular weight is 487 g/mol. The van der Waals surface area contributed by atoms with Crippen molar-refractivity contribution in [3.63, 3.8) is 0 Å². The fourth-order valence-corrected chi connectivity index (χ4v) is 5.24. The predicted molar refractivity (Wildman–Crippen MR) is 134 cm³/mol. The first-order valence-electron chi connectivity index (χ1n) is 12.0. The Morgan fingerprint density at radius 1 is 1.23 bits per heavy atom. The van der Waals surface area contributed by atoms with Gasteiger partial charge < -0.3 is 21.1 Å². The number of amides is 2. The van der Waals surface area contributed by atoms with Gasteiger partial charge in [0.2, 0.25) is 12.4 Å². The Morgan fingerprint density at radius 3 is 2.40 bits per heavy atom. The smallest absolute Gasteiger partial charge is 0.251 e. The summed E-state index contributed by atoms with van der Waals surface area (Å²) in [6.07, 6.45) is 5.37. The maximum absolute atomic E-state index is 14.3. The lowest BCUT2D eigenvalue weighted by molar-refractivity contribution is -0.108. The summed E-state index contributed by atoms with van der Waals surface area (Å²) in [5.74, 6) is -0.513. The van der Waals surface area contributed by atoms with E-state index in [9.17, 15) is 19.1 Å². The molecule has 2 atom stereocenters. The number of carbonyl (C=O) groups excluding carboxylic acids is 2. The van der Waals surface area contributed by atoms with Gasteiger partial charge in [0.05, 0.1) is 23.6 Å². The van der Waals surface area contributed by atoms with Gasteiger partial charge in [-0.2, -0.15) is 4.98 Å². The number of fused-ring (bicyclic) bond motifs is 2. The number of hydrogen-bond acceptors (Lipinski definition) is 7. The number of nitrogens with one attached hydrogen (secondary N) is 1. The third-order valence-electron chi connectivity index (χ3n) is 6.76. The summed E-state index contributed by atoms with van der Waals surface area (Å²) >= 11 is 0. The van der Waals surface area contributed by atoms with Crippen LogP contribution in [0.5, 0.6) is 0 Å². The Bertz CT molecular complexity index is 1070. The molecule has 2 fully saturated rings. The molecule has 2 bridgehead atoms. The first kappa shape index (κ1) is 26.3. The summed E-state index contributed by atoms with van der Waals surface area (Å²) in [6.45, 7) is 5.71. The van der Waals surface area contributed by atoms with Crippen LogP contribution in [0.4, 0.5) is 27.5 Å². The van der Waals surface area contributed by atoms with E-state index in [0.29, 0.717) is 35.6 Å². The SMILES string of the molecule is CC.Cc1cc(C(N)=O)c(F)cc1Nc1ncc(N(C)C)c(N(C=O)C2C3CCC2CC(O)C3)n1. The van der Waals surface area contributed by atoms with Gasteiger partial charge in [-0.25, -0.2) is 9.37 Å². The monoisotopic (exact) mass is 486 g/mol. The Hall–Kier alpha value is -3.27. The molecule has 0 saturated heterocycles. The van der Waals surface area contributed by atoms with E-state index in [1.54, 1.807) is 18.0 Å². The zero-order valence-electron chi connectivity index (χ0n) is 21.0. The van der Waals surface area contributed by atoms with Crippen molar-refractivity contribution in [2.75, 3.05) is 29.2 Å². The number of anilines is 4. The minimum atomic E-state index is -0.843. The van der Waals surface area contributed by atoms with Crippen LogP contribution in [0.2, 0.25) is 0 Å². The van der Waals surface area contributed by atoms with Crippen LogP contribution >= 0.6 is 0 Å². The molecule has 190 valence electrons. The fourth-order valence-electron chi connectivity index (χ4n) is 5.24. The summed E-state index contributed by atoms with van der Waals surface area (Å²) in [5.41, 5.74) is 6.69. The molecule has 2 amide bonds. The van der Waals surface area contributed by atoms with Crippen molar-refractivity contribution in [3.05, 3.63) is 35.3 Å². The number of benzene rings is 1. The fraction of sp³-hybridized carbons (Fsp3) is 0.520. The average Bonchev–Trinajstić information content (AvgIpc) is 3.07. The van der Waals surface area contributed by atoms with E-state index in [0.717, 1.165) is 19.3 Å². The maximum Gasteiger partial charge on any atom is 0.251 e. The quantitative estimate of drug-likeness (QED) is 0.513. The number of rotatable bonds is 7. The molecule has 2 aliphatic carbocycles. The number of aliphatic hydroxyl groups excluding tert-OH is 1. The van der Waals surface area contributed by atoms with Gasteiger partial charge in [0, 0.05) is 25.8 Å². The molecular weight excluding hydrogens is 451 g/mol. The van der Waals surface area contributed by atoms with Gasteiger partial charge in [-0.1, -0.05) is 13.8 Å². The first-order chi connectivity index (χ1) is 16.7. The highest BCUT2D eigenvalue weighted by atomic mass is 19.1. The normalized spacial score (nSPS) is 22.6. The van der Waals surface area contributed by atoms with Crippen LogP contribution in [0.15, 0.2) is 18.3 Å². The van der Waals surface area contributed by atoms with Gasteiger partial charge in [0.15, 0.2) is 5.82 Å². The zero-order valence-corrected chi connectivity index (χ0v) is 21.0. The predicted octanol–water partition coefficient (Wildman–Crippen LogP) is 3.37. The molecule has 0 spiro atoms. The third kappa shape index (κ3) is 5.37. The van der Waals surface area contributed by atoms with Gasteiger partial charge in [-0.05, 0) is 62.1 Å². The van der Waals surface area contributed by atoms with E-state index in [-0.39, 0.29) is 35.5 Å². The van der Waals surface area contributed by atoms with E-state index in [1.165, 1.54) is 12.1 Å². The topological polar surface area (TPSA) is 125 Å². The number of nitrogens with zero attached hydrogens (tertiary/aromatic N) is 4. The van der Waals surface area contributed by atoms with Gasteiger partial charge >= 0.3 is 0 Å². The lowest BCUT2D eigenvalue weighted by Gasteiger charge is -2.39. The van der Waals surface area contributed by atoms with E-state index in [1.807, 2.05) is 32.8 Å². The number of halogens is 1. The van der Waals surface area contributed by atoms with Gasteiger partial charge in [0.25, 0.3) is 5.91 Å². The number of primary amides is 1. The van der Waals surface area contributed by atoms with Crippen molar-refractivity contribution in [2.24, 2.45) is 17.6 Å². The standard InChI is InChI=1S/C23H29FN6O3.C2H6/c1-12-6-16(21(25)33)17(24)9-18(12)27-23-26-10-19(29(2)3)22(28-23)30(11-31)20-13-4-5-14(20)8-15(32)7-13;1-2/h6,9-11,13-15,20,32H,4-5,7-8H2,1-3H3,(H2,25,33)(H,26,27,28);1-2H3. The molecule has 1 aromatic heterocycles. The molecule has 2 aromatic rings. The summed E-state index contributed by atoms with van der Waals surface area (Å²) in [7, 11) is 3.69. The highest BCUT2D eigenvalue weighted by Gasteiger charge is 2.46. The van der Waals surface area contributed by atoms with Crippen molar-refractivity contribution < 1.29 is 19.1 Å². The molecule has 4 rings (SSSR count). The van der Waals surface area contributed by atoms with Crippen molar-refractivity contribution >= 4 is 35.5 Å². The second-order valence-electron chi connectivity index (χ2n) is 9.16. The molecule has 0 aliphatic heterocycles. The molecule has 2 aliphatic rings. The highest BCUT2D eigenvalue weighted by molar-refractivity contribution is 5.94. The zero-order chi connectivity index (χ0) is 25.9. The molecule has 4 N–H and O–H groups in total. The van der Waals surface area contributed by atoms with Crippen molar-refractivity contribution in [2.45, 2.75) is 58.6 Å². The number of aryl methyl sites for hydroxylation is 1. The van der Waals surface area contributed by atoms with E-state index in [2.05, 4.69) is 15.3 Å². The van der Waals surface area contributed by atoms with Gasteiger partial charge in [-0.3, -0.25) is 14.5 Å². The van der Waals surface area contributed by atoms with Crippen LogP contribution in [-0.2, 0) is 4.79 Å². The van der Waals surface area contributed by atoms with Crippen LogP contribution in [-0.4, -0.2) is 53.6 Å². The minimum Gasteiger partial charge on any atom is -0.393 e. The minimum absolute atomic E-state index is 0.0404. The molecule has 1 aromatic carbocycles. The Labute approximate surface area is 205 Å². The van der Waals surface area contributed by atoms with Crippen molar-refractivity contribution in [1.82, 2.24) is 9.97 Å². The molecule has 0 radical (unpaired) electrons. The Kier molecular flexibility index (Phi) is 8.26. The number of aromatic nitrogens is 2. The number of nitrogens with two attached hydrogens (primary N) is 1. The molecule has 9 nitrogen and oxygen atoms in total. The molecule has 2 unspecified atom stereocenters. The number of carbonyl (C=O) groups is 2. The Balaban J connectivity index is 0.00000167. The van der Waals surface area contributed by atoms with E-state index >= 15 is 0 Å². The van der Waals surface area contributed by atoms with Crippen LogP contribution < -0.4 is 20.9 Å². The number of hydrogen-bond donors (Lipinski definition) is 3. The van der Waals surface area contributed by atoms with Crippen molar-refractivity contribution in [3.8, 4) is 0 Å². The van der Waals surface area contributed by atoms with Crippen LogP contribution in [0.1, 0.15) is 55.5 Å². The molecule has 10 heteroatoms. The molecule has 1 heterocycles. The van der Waals surface area contributed by atoms with Crippen LogP contribution in [0.25, 0.3) is 0 Å². The van der Waals surface area contributed by atoms with Gasteiger partial charge in [0.1, 0.15) is 5.82 Å². The summed E-state index contributed by atoms with van der Waals surface area (Å²) < 4.78 is 14.3. The molecule has 35 heavy (non-hydrogen) atoms.